The zero-order valence-electron chi connectivity index (χ0n) is 13.0. The van der Waals surface area contributed by atoms with Crippen LogP contribution in [0.15, 0.2) is 29.2 Å². The highest BCUT2D eigenvalue weighted by Gasteiger charge is 2.25. The Morgan fingerprint density at radius 1 is 1.25 bits per heavy atom. The molecule has 1 unspecified atom stereocenters. The summed E-state index contributed by atoms with van der Waals surface area (Å²) < 4.78 is 27.6. The SMILES string of the molecule is CCC(NC)c1cccc(S(=O)(=O)NC(C)(C)CC)c1. The van der Waals surface area contributed by atoms with Gasteiger partial charge in [-0.25, -0.2) is 13.1 Å². The minimum Gasteiger partial charge on any atom is -0.313 e. The van der Waals surface area contributed by atoms with Gasteiger partial charge in [-0.3, -0.25) is 0 Å². The number of hydrogen-bond donors (Lipinski definition) is 2. The lowest BCUT2D eigenvalue weighted by molar-refractivity contribution is 0.439. The minimum absolute atomic E-state index is 0.171. The second kappa shape index (κ2) is 6.70. The highest BCUT2D eigenvalue weighted by Crippen LogP contribution is 2.21. The standard InChI is InChI=1S/C15H26N2O2S/c1-6-14(16-5)12-9-8-10-13(11-12)20(18,19)17-15(3,4)7-2/h8-11,14,16-17H,6-7H2,1-5H3. The van der Waals surface area contributed by atoms with E-state index in [1.165, 1.54) is 0 Å². The van der Waals surface area contributed by atoms with Gasteiger partial charge in [-0.15, -0.1) is 0 Å². The summed E-state index contributed by atoms with van der Waals surface area (Å²) >= 11 is 0. The summed E-state index contributed by atoms with van der Waals surface area (Å²) in [4.78, 5) is 0.324. The van der Waals surface area contributed by atoms with Crippen LogP contribution in [0, 0.1) is 0 Å². The van der Waals surface area contributed by atoms with E-state index in [0.29, 0.717) is 4.90 Å². The fraction of sp³-hybridized carbons (Fsp3) is 0.600. The quantitative estimate of drug-likeness (QED) is 0.814. The highest BCUT2D eigenvalue weighted by atomic mass is 32.2. The van der Waals surface area contributed by atoms with E-state index in [9.17, 15) is 8.42 Å². The maximum atomic E-state index is 12.4. The Labute approximate surface area is 123 Å². The predicted octanol–water partition coefficient (Wildman–Crippen LogP) is 2.82. The van der Waals surface area contributed by atoms with Gasteiger partial charge in [-0.1, -0.05) is 26.0 Å². The van der Waals surface area contributed by atoms with Gasteiger partial charge in [0.25, 0.3) is 0 Å². The third-order valence-corrected chi connectivity index (χ3v) is 5.32. The molecule has 1 rings (SSSR count). The lowest BCUT2D eigenvalue weighted by atomic mass is 10.0. The predicted molar refractivity (Wildman–Crippen MR) is 83.2 cm³/mol. The summed E-state index contributed by atoms with van der Waals surface area (Å²) in [5.41, 5.74) is 0.550. The summed E-state index contributed by atoms with van der Waals surface area (Å²) in [5.74, 6) is 0. The highest BCUT2D eigenvalue weighted by molar-refractivity contribution is 7.89. The Kier molecular flexibility index (Phi) is 5.74. The number of nitrogens with one attached hydrogen (secondary N) is 2. The second-order valence-electron chi connectivity index (χ2n) is 5.66. The lowest BCUT2D eigenvalue weighted by Gasteiger charge is -2.24. The van der Waals surface area contributed by atoms with Crippen LogP contribution in [-0.2, 0) is 10.0 Å². The van der Waals surface area contributed by atoms with Crippen molar-refractivity contribution in [2.24, 2.45) is 0 Å². The number of benzene rings is 1. The molecule has 0 spiro atoms. The first-order chi connectivity index (χ1) is 9.25. The van der Waals surface area contributed by atoms with Crippen LogP contribution in [0.5, 0.6) is 0 Å². The summed E-state index contributed by atoms with van der Waals surface area (Å²) in [6, 6.07) is 7.31. The topological polar surface area (TPSA) is 58.2 Å². The van der Waals surface area contributed by atoms with Gasteiger partial charge in [0.2, 0.25) is 10.0 Å². The maximum absolute atomic E-state index is 12.4. The van der Waals surface area contributed by atoms with E-state index in [0.717, 1.165) is 18.4 Å². The van der Waals surface area contributed by atoms with Crippen molar-refractivity contribution < 1.29 is 8.42 Å². The van der Waals surface area contributed by atoms with E-state index in [-0.39, 0.29) is 6.04 Å². The Morgan fingerprint density at radius 2 is 1.90 bits per heavy atom. The number of hydrogen-bond acceptors (Lipinski definition) is 3. The van der Waals surface area contributed by atoms with E-state index in [4.69, 9.17) is 0 Å². The molecule has 0 aliphatic carbocycles. The molecule has 4 nitrogen and oxygen atoms in total. The average Bonchev–Trinajstić information content (AvgIpc) is 2.39. The molecular formula is C15H26N2O2S. The molecule has 1 atom stereocenters. The molecule has 0 heterocycles. The Hall–Kier alpha value is -0.910. The van der Waals surface area contributed by atoms with E-state index in [2.05, 4.69) is 17.0 Å². The van der Waals surface area contributed by atoms with Gasteiger partial charge < -0.3 is 5.32 Å². The number of sulfonamides is 1. The first-order valence-electron chi connectivity index (χ1n) is 7.07. The molecule has 0 saturated carbocycles. The van der Waals surface area contributed by atoms with Crippen LogP contribution in [0.2, 0.25) is 0 Å². The fourth-order valence-corrected chi connectivity index (χ4v) is 3.54. The summed E-state index contributed by atoms with van der Waals surface area (Å²) in [6.07, 6.45) is 1.65. The van der Waals surface area contributed by atoms with Crippen LogP contribution in [-0.4, -0.2) is 21.0 Å². The molecule has 0 fully saturated rings. The molecule has 0 amide bonds. The van der Waals surface area contributed by atoms with Gasteiger partial charge in [0.05, 0.1) is 4.90 Å². The van der Waals surface area contributed by atoms with Crippen molar-refractivity contribution in [2.75, 3.05) is 7.05 Å². The molecule has 0 aliphatic heterocycles. The smallest absolute Gasteiger partial charge is 0.241 e. The van der Waals surface area contributed by atoms with Crippen LogP contribution < -0.4 is 10.0 Å². The van der Waals surface area contributed by atoms with Crippen LogP contribution in [0.3, 0.4) is 0 Å². The molecule has 5 heteroatoms. The van der Waals surface area contributed by atoms with Crippen molar-refractivity contribution in [3.8, 4) is 0 Å². The van der Waals surface area contributed by atoms with Gasteiger partial charge in [-0.05, 0) is 51.4 Å². The van der Waals surface area contributed by atoms with Gasteiger partial charge >= 0.3 is 0 Å². The molecule has 0 aromatic heterocycles. The van der Waals surface area contributed by atoms with E-state index in [1.54, 1.807) is 18.2 Å². The van der Waals surface area contributed by atoms with Crippen LogP contribution in [0.4, 0.5) is 0 Å². The van der Waals surface area contributed by atoms with Crippen LogP contribution in [0.1, 0.15) is 52.1 Å². The normalized spacial score (nSPS) is 14.2. The Morgan fingerprint density at radius 3 is 2.40 bits per heavy atom. The summed E-state index contributed by atoms with van der Waals surface area (Å²) in [7, 11) is -1.60. The lowest BCUT2D eigenvalue weighted by Crippen LogP contribution is -2.42. The van der Waals surface area contributed by atoms with Crippen molar-refractivity contribution in [1.82, 2.24) is 10.0 Å². The van der Waals surface area contributed by atoms with E-state index < -0.39 is 15.6 Å². The zero-order valence-corrected chi connectivity index (χ0v) is 13.8. The molecule has 1 aromatic carbocycles. The third-order valence-electron chi connectivity index (χ3n) is 3.62. The van der Waals surface area contributed by atoms with E-state index >= 15 is 0 Å². The Balaban J connectivity index is 3.11. The van der Waals surface area contributed by atoms with Gasteiger partial charge in [0.1, 0.15) is 0 Å². The monoisotopic (exact) mass is 298 g/mol. The van der Waals surface area contributed by atoms with Crippen molar-refractivity contribution in [2.45, 2.75) is 57.0 Å². The second-order valence-corrected chi connectivity index (χ2v) is 7.35. The fourth-order valence-electron chi connectivity index (χ4n) is 2.00. The average molecular weight is 298 g/mol. The van der Waals surface area contributed by atoms with Crippen LogP contribution >= 0.6 is 0 Å². The van der Waals surface area contributed by atoms with Crippen molar-refractivity contribution in [1.29, 1.82) is 0 Å². The number of rotatable bonds is 7. The van der Waals surface area contributed by atoms with Crippen molar-refractivity contribution in [3.63, 3.8) is 0 Å². The maximum Gasteiger partial charge on any atom is 0.241 e. The minimum atomic E-state index is -3.48. The van der Waals surface area contributed by atoms with Crippen molar-refractivity contribution >= 4 is 10.0 Å². The van der Waals surface area contributed by atoms with Crippen molar-refractivity contribution in [3.05, 3.63) is 29.8 Å². The van der Waals surface area contributed by atoms with Crippen LogP contribution in [0.25, 0.3) is 0 Å². The summed E-state index contributed by atoms with van der Waals surface area (Å²) in [6.45, 7) is 7.81. The third kappa shape index (κ3) is 4.30. The van der Waals surface area contributed by atoms with Gasteiger partial charge in [-0.2, -0.15) is 0 Å². The molecule has 1 aromatic rings. The molecule has 0 saturated heterocycles. The molecule has 20 heavy (non-hydrogen) atoms. The Bertz CT molecular complexity index is 535. The molecule has 2 N–H and O–H groups in total. The first-order valence-corrected chi connectivity index (χ1v) is 8.55. The molecule has 114 valence electrons. The molecule has 0 aliphatic rings. The van der Waals surface area contributed by atoms with E-state index in [1.807, 2.05) is 33.9 Å². The molecule has 0 bridgehead atoms. The molecular weight excluding hydrogens is 272 g/mol. The summed E-state index contributed by atoms with van der Waals surface area (Å²) in [5, 5.41) is 3.19. The van der Waals surface area contributed by atoms with Gasteiger partial charge in [0, 0.05) is 11.6 Å². The van der Waals surface area contributed by atoms with Gasteiger partial charge in [0.15, 0.2) is 0 Å². The first kappa shape index (κ1) is 17.1. The molecule has 0 radical (unpaired) electrons. The zero-order chi connectivity index (χ0) is 15.4. The largest absolute Gasteiger partial charge is 0.313 e.